The van der Waals surface area contributed by atoms with Gasteiger partial charge < -0.3 is 4.74 Å². The average Bonchev–Trinajstić information content (AvgIpc) is 2.39. The molecule has 2 heteroatoms. The van der Waals surface area contributed by atoms with Gasteiger partial charge in [-0.25, -0.2) is 0 Å². The van der Waals surface area contributed by atoms with Gasteiger partial charge in [-0.05, 0) is 43.4 Å². The van der Waals surface area contributed by atoms with E-state index in [1.165, 1.54) is 18.4 Å². The van der Waals surface area contributed by atoms with E-state index in [0.29, 0.717) is 11.7 Å². The number of ether oxygens (including phenoxy) is 1. The van der Waals surface area contributed by atoms with Crippen LogP contribution in [0.3, 0.4) is 0 Å². The van der Waals surface area contributed by atoms with Crippen LogP contribution in [0.4, 0.5) is 0 Å². The van der Waals surface area contributed by atoms with E-state index in [4.69, 9.17) is 4.74 Å². The highest BCUT2D eigenvalue weighted by atomic mass is 16.5. The molecule has 2 atom stereocenters. The Morgan fingerprint density at radius 2 is 1.82 bits per heavy atom. The predicted molar refractivity (Wildman–Crippen MR) is 68.4 cm³/mol. The van der Waals surface area contributed by atoms with Crippen LogP contribution in [0.15, 0.2) is 24.3 Å². The van der Waals surface area contributed by atoms with Gasteiger partial charge in [0.15, 0.2) is 0 Å². The maximum absolute atomic E-state index is 11.7. The first-order valence-corrected chi connectivity index (χ1v) is 6.37. The second-order valence-corrected chi connectivity index (χ2v) is 4.88. The quantitative estimate of drug-likeness (QED) is 0.796. The lowest BCUT2D eigenvalue weighted by Crippen LogP contribution is -2.23. The van der Waals surface area contributed by atoms with Gasteiger partial charge >= 0.3 is 0 Å². The van der Waals surface area contributed by atoms with Gasteiger partial charge in [0, 0.05) is 5.92 Å². The Kier molecular flexibility index (Phi) is 3.82. The number of hydrogen-bond donors (Lipinski definition) is 0. The fourth-order valence-electron chi connectivity index (χ4n) is 2.87. The topological polar surface area (TPSA) is 26.3 Å². The SMILES string of the molecule is COc1ccc(C2CCCCC2C(C)=O)cc1. The zero-order chi connectivity index (χ0) is 12.3. The fourth-order valence-corrected chi connectivity index (χ4v) is 2.87. The molecule has 0 spiro atoms. The van der Waals surface area contributed by atoms with Crippen LogP contribution in [-0.4, -0.2) is 12.9 Å². The largest absolute Gasteiger partial charge is 0.497 e. The molecule has 0 bridgehead atoms. The van der Waals surface area contributed by atoms with Crippen molar-refractivity contribution in [3.8, 4) is 5.75 Å². The first-order valence-electron chi connectivity index (χ1n) is 6.37. The molecule has 1 aromatic carbocycles. The van der Waals surface area contributed by atoms with E-state index in [9.17, 15) is 4.79 Å². The number of benzene rings is 1. The first kappa shape index (κ1) is 12.2. The third kappa shape index (κ3) is 2.68. The van der Waals surface area contributed by atoms with Crippen molar-refractivity contribution in [2.24, 2.45) is 5.92 Å². The third-order valence-electron chi connectivity index (χ3n) is 3.83. The number of carbonyl (C=O) groups excluding carboxylic acids is 1. The van der Waals surface area contributed by atoms with E-state index in [1.807, 2.05) is 12.1 Å². The summed E-state index contributed by atoms with van der Waals surface area (Å²) in [5.74, 6) is 1.85. The zero-order valence-corrected chi connectivity index (χ0v) is 10.6. The minimum atomic E-state index is 0.220. The minimum absolute atomic E-state index is 0.220. The number of ketones is 1. The van der Waals surface area contributed by atoms with Crippen molar-refractivity contribution in [1.82, 2.24) is 0 Å². The van der Waals surface area contributed by atoms with Crippen molar-refractivity contribution < 1.29 is 9.53 Å². The molecule has 0 N–H and O–H groups in total. The Hall–Kier alpha value is -1.31. The lowest BCUT2D eigenvalue weighted by Gasteiger charge is -2.30. The molecule has 0 aliphatic heterocycles. The molecule has 1 saturated carbocycles. The van der Waals surface area contributed by atoms with Gasteiger partial charge in [0.05, 0.1) is 7.11 Å². The summed E-state index contributed by atoms with van der Waals surface area (Å²) >= 11 is 0. The molecule has 0 saturated heterocycles. The van der Waals surface area contributed by atoms with Crippen LogP contribution in [0.2, 0.25) is 0 Å². The van der Waals surface area contributed by atoms with Crippen molar-refractivity contribution >= 4 is 5.78 Å². The summed E-state index contributed by atoms with van der Waals surface area (Å²) in [5, 5.41) is 0. The van der Waals surface area contributed by atoms with Crippen molar-refractivity contribution in [2.45, 2.75) is 38.5 Å². The summed E-state index contributed by atoms with van der Waals surface area (Å²) in [6, 6.07) is 8.18. The molecule has 1 aliphatic carbocycles. The van der Waals surface area contributed by atoms with Crippen molar-refractivity contribution in [3.05, 3.63) is 29.8 Å². The highest BCUT2D eigenvalue weighted by Gasteiger charge is 2.29. The number of Topliss-reactive ketones (excluding diaryl/α,β-unsaturated/α-hetero) is 1. The molecule has 2 unspecified atom stereocenters. The summed E-state index contributed by atoms with van der Waals surface area (Å²) < 4.78 is 5.16. The smallest absolute Gasteiger partial charge is 0.133 e. The average molecular weight is 232 g/mol. The molecule has 17 heavy (non-hydrogen) atoms. The molecule has 1 aromatic rings. The maximum atomic E-state index is 11.7. The third-order valence-corrected chi connectivity index (χ3v) is 3.83. The van der Waals surface area contributed by atoms with E-state index >= 15 is 0 Å². The Bertz CT molecular complexity index is 380. The lowest BCUT2D eigenvalue weighted by molar-refractivity contribution is -0.122. The second-order valence-electron chi connectivity index (χ2n) is 4.88. The summed E-state index contributed by atoms with van der Waals surface area (Å²) in [7, 11) is 1.67. The molecule has 1 fully saturated rings. The number of carbonyl (C=O) groups is 1. The van der Waals surface area contributed by atoms with Crippen LogP contribution in [0.25, 0.3) is 0 Å². The molecule has 1 aliphatic rings. The van der Waals surface area contributed by atoms with E-state index < -0.39 is 0 Å². The van der Waals surface area contributed by atoms with E-state index in [2.05, 4.69) is 12.1 Å². The Labute approximate surface area is 103 Å². The normalized spacial score (nSPS) is 24.4. The fraction of sp³-hybridized carbons (Fsp3) is 0.533. The van der Waals surface area contributed by atoms with Gasteiger partial charge in [-0.1, -0.05) is 25.0 Å². The van der Waals surface area contributed by atoms with Crippen LogP contribution in [-0.2, 0) is 4.79 Å². The minimum Gasteiger partial charge on any atom is -0.497 e. The van der Waals surface area contributed by atoms with Crippen molar-refractivity contribution in [1.29, 1.82) is 0 Å². The van der Waals surface area contributed by atoms with E-state index in [-0.39, 0.29) is 5.92 Å². The molecule has 0 heterocycles. The molecule has 92 valence electrons. The predicted octanol–water partition coefficient (Wildman–Crippen LogP) is 3.56. The molecular formula is C15H20O2. The molecule has 2 rings (SSSR count). The van der Waals surface area contributed by atoms with Crippen LogP contribution in [0.5, 0.6) is 5.75 Å². The molecule has 0 radical (unpaired) electrons. The van der Waals surface area contributed by atoms with Crippen LogP contribution in [0, 0.1) is 5.92 Å². The van der Waals surface area contributed by atoms with Crippen LogP contribution in [0.1, 0.15) is 44.1 Å². The number of methoxy groups -OCH3 is 1. The summed E-state index contributed by atoms with van der Waals surface area (Å²) in [5.41, 5.74) is 1.28. The zero-order valence-electron chi connectivity index (χ0n) is 10.6. The Morgan fingerprint density at radius 3 is 2.41 bits per heavy atom. The maximum Gasteiger partial charge on any atom is 0.133 e. The molecular weight excluding hydrogens is 212 g/mol. The first-order chi connectivity index (χ1) is 8.22. The van der Waals surface area contributed by atoms with E-state index in [1.54, 1.807) is 14.0 Å². The van der Waals surface area contributed by atoms with E-state index in [0.717, 1.165) is 18.6 Å². The Morgan fingerprint density at radius 1 is 1.18 bits per heavy atom. The second kappa shape index (κ2) is 5.35. The van der Waals surface area contributed by atoms with Crippen molar-refractivity contribution in [3.63, 3.8) is 0 Å². The van der Waals surface area contributed by atoms with Gasteiger partial charge in [0.2, 0.25) is 0 Å². The van der Waals surface area contributed by atoms with Gasteiger partial charge in [-0.3, -0.25) is 4.79 Å². The van der Waals surface area contributed by atoms with Crippen LogP contribution >= 0.6 is 0 Å². The molecule has 0 amide bonds. The van der Waals surface area contributed by atoms with Crippen LogP contribution < -0.4 is 4.74 Å². The summed E-state index contributed by atoms with van der Waals surface area (Å²) in [6.07, 6.45) is 4.61. The van der Waals surface area contributed by atoms with Crippen molar-refractivity contribution in [2.75, 3.05) is 7.11 Å². The standard InChI is InChI=1S/C15H20O2/c1-11(16)14-5-3-4-6-15(14)12-7-9-13(17-2)10-8-12/h7-10,14-15H,3-6H2,1-2H3. The monoisotopic (exact) mass is 232 g/mol. The Balaban J connectivity index is 2.20. The van der Waals surface area contributed by atoms with Gasteiger partial charge in [-0.15, -0.1) is 0 Å². The lowest BCUT2D eigenvalue weighted by atomic mass is 9.74. The van der Waals surface area contributed by atoms with Gasteiger partial charge in [0.25, 0.3) is 0 Å². The highest BCUT2D eigenvalue weighted by Crippen LogP contribution is 2.38. The highest BCUT2D eigenvalue weighted by molar-refractivity contribution is 5.79. The summed E-state index contributed by atoms with van der Waals surface area (Å²) in [4.78, 5) is 11.7. The number of hydrogen-bond acceptors (Lipinski definition) is 2. The molecule has 0 aromatic heterocycles. The van der Waals surface area contributed by atoms with Gasteiger partial charge in [0.1, 0.15) is 11.5 Å². The number of rotatable bonds is 3. The summed E-state index contributed by atoms with van der Waals surface area (Å²) in [6.45, 7) is 1.73. The molecule has 2 nitrogen and oxygen atoms in total. The van der Waals surface area contributed by atoms with Gasteiger partial charge in [-0.2, -0.15) is 0 Å².